The van der Waals surface area contributed by atoms with Crippen molar-refractivity contribution >= 4 is 5.97 Å². The molecule has 0 aromatic heterocycles. The number of carbonyl (C=O) groups is 1. The highest BCUT2D eigenvalue weighted by Crippen LogP contribution is 2.77. The van der Waals surface area contributed by atoms with Gasteiger partial charge in [0, 0.05) is 12.3 Å². The number of ether oxygens (including phenoxy) is 2. The van der Waals surface area contributed by atoms with Gasteiger partial charge in [-0.3, -0.25) is 4.79 Å². The molecule has 10 atom stereocenters. The van der Waals surface area contributed by atoms with Gasteiger partial charge in [0.15, 0.2) is 0 Å². The maximum atomic E-state index is 11.8. The first-order chi connectivity index (χ1) is 15.5. The Morgan fingerprint density at radius 3 is 2.39 bits per heavy atom. The van der Waals surface area contributed by atoms with Crippen LogP contribution in [-0.4, -0.2) is 23.3 Å². The minimum absolute atomic E-state index is 0.0592. The number of esters is 1. The van der Waals surface area contributed by atoms with Crippen LogP contribution in [0.5, 0.6) is 0 Å². The molecule has 1 heterocycles. The monoisotopic (exact) mass is 458 g/mol. The molecule has 33 heavy (non-hydrogen) atoms. The van der Waals surface area contributed by atoms with Gasteiger partial charge in [0.25, 0.3) is 0 Å². The van der Waals surface area contributed by atoms with Crippen molar-refractivity contribution in [1.29, 1.82) is 0 Å². The second-order valence-corrected chi connectivity index (χ2v) is 14.0. The van der Waals surface area contributed by atoms with E-state index in [0.717, 1.165) is 48.3 Å². The van der Waals surface area contributed by atoms with Crippen molar-refractivity contribution in [3.63, 3.8) is 0 Å². The van der Waals surface area contributed by atoms with Gasteiger partial charge < -0.3 is 9.47 Å². The number of fused-ring (bicyclic) bond motifs is 4. The smallest absolute Gasteiger partial charge is 0.303 e. The van der Waals surface area contributed by atoms with Gasteiger partial charge >= 0.3 is 5.97 Å². The Hall–Kier alpha value is -0.570. The number of hydrogen-bond acceptors (Lipinski definition) is 3. The van der Waals surface area contributed by atoms with Crippen molar-refractivity contribution in [1.82, 2.24) is 0 Å². The molecular formula is C30H50O3. The summed E-state index contributed by atoms with van der Waals surface area (Å²) in [7, 11) is 0. The lowest BCUT2D eigenvalue weighted by molar-refractivity contribution is -0.156. The summed E-state index contributed by atoms with van der Waals surface area (Å²) in [6.45, 7) is 16.3. The third kappa shape index (κ3) is 3.33. The van der Waals surface area contributed by atoms with E-state index < -0.39 is 0 Å². The largest absolute Gasteiger partial charge is 0.459 e. The summed E-state index contributed by atoms with van der Waals surface area (Å²) in [5.74, 6) is 5.01. The first-order valence-electron chi connectivity index (χ1n) is 14.4. The minimum atomic E-state index is -0.263. The van der Waals surface area contributed by atoms with Gasteiger partial charge in [0.1, 0.15) is 17.3 Å². The molecule has 188 valence electrons. The van der Waals surface area contributed by atoms with Crippen LogP contribution < -0.4 is 0 Å². The molecule has 0 radical (unpaired) electrons. The van der Waals surface area contributed by atoms with E-state index in [1.54, 1.807) is 6.92 Å². The molecule has 0 bridgehead atoms. The highest BCUT2D eigenvalue weighted by molar-refractivity contribution is 5.66. The van der Waals surface area contributed by atoms with Crippen molar-refractivity contribution < 1.29 is 14.3 Å². The molecule has 3 heteroatoms. The molecule has 5 rings (SSSR count). The second-order valence-electron chi connectivity index (χ2n) is 14.0. The summed E-state index contributed by atoms with van der Waals surface area (Å²) < 4.78 is 12.5. The first-order valence-corrected chi connectivity index (χ1v) is 14.4. The molecule has 1 saturated heterocycles. The van der Waals surface area contributed by atoms with Crippen LogP contribution in [0.1, 0.15) is 119 Å². The van der Waals surface area contributed by atoms with E-state index >= 15 is 0 Å². The molecule has 4 aliphatic carbocycles. The van der Waals surface area contributed by atoms with Gasteiger partial charge in [0.2, 0.25) is 0 Å². The van der Waals surface area contributed by atoms with E-state index in [4.69, 9.17) is 9.47 Å². The van der Waals surface area contributed by atoms with Crippen LogP contribution in [0, 0.1) is 46.3 Å². The fourth-order valence-electron chi connectivity index (χ4n) is 10.6. The first kappa shape index (κ1) is 24.1. The Balaban J connectivity index is 1.32. The maximum absolute atomic E-state index is 11.8. The molecule has 0 aromatic carbocycles. The summed E-state index contributed by atoms with van der Waals surface area (Å²) in [6, 6.07) is 0. The van der Waals surface area contributed by atoms with Gasteiger partial charge in [-0.2, -0.15) is 0 Å². The molecule has 0 aromatic rings. The van der Waals surface area contributed by atoms with E-state index in [-0.39, 0.29) is 28.7 Å². The Kier molecular flexibility index (Phi) is 5.83. The number of carbonyl (C=O) groups excluding carboxylic acids is 1. The predicted octanol–water partition coefficient (Wildman–Crippen LogP) is 7.56. The second kappa shape index (κ2) is 7.97. The van der Waals surface area contributed by atoms with Crippen molar-refractivity contribution in [3.05, 3.63) is 0 Å². The van der Waals surface area contributed by atoms with E-state index in [9.17, 15) is 4.79 Å². The normalized spacial score (nSPS) is 51.2. The van der Waals surface area contributed by atoms with Crippen LogP contribution in [0.3, 0.4) is 0 Å². The molecule has 0 unspecified atom stereocenters. The zero-order valence-electron chi connectivity index (χ0n) is 22.5. The highest BCUT2D eigenvalue weighted by atomic mass is 16.7. The third-order valence-electron chi connectivity index (χ3n) is 12.2. The molecule has 1 spiro atoms. The molecule has 3 nitrogen and oxygen atoms in total. The van der Waals surface area contributed by atoms with Crippen molar-refractivity contribution in [2.75, 3.05) is 0 Å². The van der Waals surface area contributed by atoms with E-state index in [2.05, 4.69) is 41.5 Å². The lowest BCUT2D eigenvalue weighted by Gasteiger charge is -2.60. The third-order valence-corrected chi connectivity index (χ3v) is 12.2. The van der Waals surface area contributed by atoms with Crippen LogP contribution in [0.15, 0.2) is 0 Å². The molecule has 0 N–H and O–H groups in total. The Morgan fingerprint density at radius 1 is 0.939 bits per heavy atom. The Bertz CT molecular complexity index is 777. The van der Waals surface area contributed by atoms with Gasteiger partial charge in [-0.1, -0.05) is 53.9 Å². The quantitative estimate of drug-likeness (QED) is 0.304. The molecule has 5 fully saturated rings. The fraction of sp³-hybridized carbons (Fsp3) is 0.967. The molecule has 1 aliphatic heterocycles. The molecule has 0 amide bonds. The average Bonchev–Trinajstić information content (AvgIpc) is 3.21. The molecule has 4 saturated carbocycles. The zero-order valence-corrected chi connectivity index (χ0v) is 22.5. The lowest BCUT2D eigenvalue weighted by Crippen LogP contribution is -2.61. The summed E-state index contributed by atoms with van der Waals surface area (Å²) in [6.07, 6.45) is 14.5. The Morgan fingerprint density at radius 2 is 1.70 bits per heavy atom. The van der Waals surface area contributed by atoms with Crippen LogP contribution in [-0.2, 0) is 14.3 Å². The van der Waals surface area contributed by atoms with Crippen LogP contribution in [0.4, 0.5) is 0 Å². The fourth-order valence-corrected chi connectivity index (χ4v) is 10.6. The van der Waals surface area contributed by atoms with Crippen molar-refractivity contribution in [3.8, 4) is 0 Å². The van der Waals surface area contributed by atoms with E-state index in [1.165, 1.54) is 57.8 Å². The van der Waals surface area contributed by atoms with Gasteiger partial charge in [-0.15, -0.1) is 0 Å². The van der Waals surface area contributed by atoms with Crippen LogP contribution in [0.25, 0.3) is 0 Å². The van der Waals surface area contributed by atoms with E-state index in [1.807, 2.05) is 0 Å². The Labute approximate surface area is 203 Å². The van der Waals surface area contributed by atoms with Crippen LogP contribution >= 0.6 is 0 Å². The van der Waals surface area contributed by atoms with Gasteiger partial charge in [-0.05, 0) is 99.2 Å². The summed E-state index contributed by atoms with van der Waals surface area (Å²) in [5, 5.41) is 0. The van der Waals surface area contributed by atoms with Gasteiger partial charge in [0.05, 0.1) is 0 Å². The van der Waals surface area contributed by atoms with Crippen molar-refractivity contribution in [2.45, 2.75) is 136 Å². The van der Waals surface area contributed by atoms with Crippen molar-refractivity contribution in [2.24, 2.45) is 46.3 Å². The summed E-state index contributed by atoms with van der Waals surface area (Å²) in [5.41, 5.74) is 0.460. The molecular weight excluding hydrogens is 408 g/mol. The van der Waals surface area contributed by atoms with Crippen LogP contribution in [0.2, 0.25) is 0 Å². The SMILES string of the molecule is CC(=O)O[C@H]1CC[C@]2(C)[C@H]3CC[C@]4(C)[C@@H]([C@@H](C)CCCC(C)C)CC[C@H]4[C@@H]3CC[C@]23O[C@@]13C. The lowest BCUT2D eigenvalue weighted by atomic mass is 9.43. The maximum Gasteiger partial charge on any atom is 0.303 e. The number of hydrogen-bond donors (Lipinski definition) is 0. The standard InChI is InChI=1S/C30H50O3/c1-19(2)9-8-10-20(3)23-11-12-24-22-13-18-30-28(6,25(22)14-16-27(23,24)5)17-15-26(32-21(4)31)29(30,7)33-30/h19-20,22-26H,8-18H2,1-7H3/t20-,22-,23+,24-,25-,26-,27+,28+,29-,30-/m0/s1. The number of rotatable bonds is 6. The minimum Gasteiger partial charge on any atom is -0.459 e. The predicted molar refractivity (Wildman–Crippen MR) is 133 cm³/mol. The van der Waals surface area contributed by atoms with E-state index in [0.29, 0.717) is 5.41 Å². The zero-order chi connectivity index (χ0) is 23.8. The topological polar surface area (TPSA) is 38.8 Å². The van der Waals surface area contributed by atoms with Gasteiger partial charge in [-0.25, -0.2) is 0 Å². The summed E-state index contributed by atoms with van der Waals surface area (Å²) in [4.78, 5) is 11.8. The average molecular weight is 459 g/mol. The molecule has 5 aliphatic rings. The summed E-state index contributed by atoms with van der Waals surface area (Å²) >= 11 is 0. The highest BCUT2D eigenvalue weighted by Gasteiger charge is 2.83. The number of epoxide rings is 1.